The molecular formula is C20H32N2O7. The van der Waals surface area contributed by atoms with Crippen LogP contribution < -0.4 is 0 Å². The van der Waals surface area contributed by atoms with Crippen molar-refractivity contribution < 1.29 is 35.7 Å². The molecule has 1 rings (SSSR count). The summed E-state index contributed by atoms with van der Waals surface area (Å²) in [6.45, 7) is 2.35. The summed E-state index contributed by atoms with van der Waals surface area (Å²) in [6.07, 6.45) is 2.50. The van der Waals surface area contributed by atoms with Gasteiger partial charge in [-0.25, -0.2) is 0 Å². The lowest BCUT2D eigenvalue weighted by Crippen LogP contribution is -2.40. The maximum absolute atomic E-state index is 10.7. The zero-order valence-corrected chi connectivity index (χ0v) is 17.1. The molecule has 0 aliphatic carbocycles. The minimum absolute atomic E-state index is 0.212. The van der Waals surface area contributed by atoms with Crippen molar-refractivity contribution in [2.45, 2.75) is 37.3 Å². The fourth-order valence-electron chi connectivity index (χ4n) is 2.27. The molecule has 0 aromatic heterocycles. The van der Waals surface area contributed by atoms with Gasteiger partial charge in [0.25, 0.3) is 0 Å². The van der Waals surface area contributed by atoms with E-state index in [1.54, 1.807) is 12.1 Å². The molecule has 1 aromatic carbocycles. The zero-order chi connectivity index (χ0) is 22.3. The van der Waals surface area contributed by atoms with Crippen molar-refractivity contribution in [2.24, 2.45) is 9.98 Å². The molecule has 0 aliphatic heterocycles. The Labute approximate surface area is 170 Å². The SMILES string of the molecule is CC(C)(C)c1cc(C=NC(CO)(CO)CO)c(O)c(C=NC(CO)(CO)CO)c1. The Morgan fingerprint density at radius 3 is 1.24 bits per heavy atom. The number of aliphatic hydroxyl groups excluding tert-OH is 6. The van der Waals surface area contributed by atoms with Gasteiger partial charge in [0.1, 0.15) is 16.8 Å². The van der Waals surface area contributed by atoms with Crippen molar-refractivity contribution in [1.29, 1.82) is 0 Å². The summed E-state index contributed by atoms with van der Waals surface area (Å²) >= 11 is 0. The molecule has 0 amide bonds. The van der Waals surface area contributed by atoms with E-state index in [1.807, 2.05) is 20.8 Å². The molecule has 9 nitrogen and oxygen atoms in total. The number of phenolic OH excluding ortho intramolecular Hbond substituents is 1. The Morgan fingerprint density at radius 1 is 0.690 bits per heavy atom. The highest BCUT2D eigenvalue weighted by atomic mass is 16.3. The summed E-state index contributed by atoms with van der Waals surface area (Å²) in [5.41, 5.74) is -1.95. The smallest absolute Gasteiger partial charge is 0.133 e. The van der Waals surface area contributed by atoms with Gasteiger partial charge in [0.15, 0.2) is 0 Å². The average molecular weight is 412 g/mol. The van der Waals surface area contributed by atoms with E-state index < -0.39 is 50.7 Å². The zero-order valence-electron chi connectivity index (χ0n) is 17.1. The van der Waals surface area contributed by atoms with Crippen LogP contribution >= 0.6 is 0 Å². The Bertz CT molecular complexity index is 650. The Balaban J connectivity index is 3.54. The number of hydrogen-bond donors (Lipinski definition) is 7. The first kappa shape index (κ1) is 25.2. The average Bonchev–Trinajstić information content (AvgIpc) is 2.71. The number of aliphatic hydroxyl groups is 6. The van der Waals surface area contributed by atoms with Crippen LogP contribution in [-0.4, -0.2) is 98.9 Å². The second-order valence-electron chi connectivity index (χ2n) is 8.17. The van der Waals surface area contributed by atoms with Crippen LogP contribution in [-0.2, 0) is 5.41 Å². The highest BCUT2D eigenvalue weighted by Crippen LogP contribution is 2.30. The van der Waals surface area contributed by atoms with Gasteiger partial charge in [-0.3, -0.25) is 9.98 Å². The minimum atomic E-state index is -1.49. The van der Waals surface area contributed by atoms with Crippen molar-refractivity contribution in [3.63, 3.8) is 0 Å². The first-order valence-corrected chi connectivity index (χ1v) is 9.19. The number of rotatable bonds is 10. The second-order valence-corrected chi connectivity index (χ2v) is 8.17. The Hall–Kier alpha value is -1.88. The lowest BCUT2D eigenvalue weighted by atomic mass is 9.85. The van der Waals surface area contributed by atoms with E-state index >= 15 is 0 Å². The standard InChI is InChI=1S/C20H32N2O7/c1-18(2,3)16-4-14(6-21-19(8-23,9-24)10-25)17(29)15(5-16)7-22-20(11-26,12-27)13-28/h4-7,23-29H,8-13H2,1-3H3. The molecule has 0 atom stereocenters. The van der Waals surface area contributed by atoms with Gasteiger partial charge >= 0.3 is 0 Å². The molecule has 0 bridgehead atoms. The molecule has 7 N–H and O–H groups in total. The number of hydrogen-bond acceptors (Lipinski definition) is 9. The third-order valence-corrected chi connectivity index (χ3v) is 4.76. The van der Waals surface area contributed by atoms with E-state index in [2.05, 4.69) is 9.98 Å². The summed E-state index contributed by atoms with van der Waals surface area (Å²) < 4.78 is 0. The fourth-order valence-corrected chi connectivity index (χ4v) is 2.27. The summed E-state index contributed by atoms with van der Waals surface area (Å²) in [5, 5.41) is 67.2. The van der Waals surface area contributed by atoms with Gasteiger partial charge in [0, 0.05) is 23.6 Å². The van der Waals surface area contributed by atoms with Crippen LogP contribution in [0.5, 0.6) is 5.75 Å². The molecular weight excluding hydrogens is 380 g/mol. The lowest BCUT2D eigenvalue weighted by molar-refractivity contribution is 0.0715. The predicted molar refractivity (Wildman–Crippen MR) is 110 cm³/mol. The maximum Gasteiger partial charge on any atom is 0.133 e. The quantitative estimate of drug-likeness (QED) is 0.241. The number of phenols is 1. The van der Waals surface area contributed by atoms with Gasteiger partial charge < -0.3 is 35.7 Å². The monoisotopic (exact) mass is 412 g/mol. The molecule has 0 saturated carbocycles. The molecule has 0 unspecified atom stereocenters. The van der Waals surface area contributed by atoms with Gasteiger partial charge in [-0.1, -0.05) is 20.8 Å². The molecule has 0 heterocycles. The maximum atomic E-state index is 10.7. The molecule has 164 valence electrons. The van der Waals surface area contributed by atoms with Crippen molar-refractivity contribution in [1.82, 2.24) is 0 Å². The number of aromatic hydroxyl groups is 1. The van der Waals surface area contributed by atoms with E-state index in [-0.39, 0.29) is 22.3 Å². The van der Waals surface area contributed by atoms with Crippen LogP contribution in [0.1, 0.15) is 37.5 Å². The van der Waals surface area contributed by atoms with Gasteiger partial charge in [-0.05, 0) is 23.1 Å². The van der Waals surface area contributed by atoms with Gasteiger partial charge in [0.05, 0.1) is 39.6 Å². The summed E-state index contributed by atoms with van der Waals surface area (Å²) in [6, 6.07) is 3.37. The molecule has 0 radical (unpaired) electrons. The third kappa shape index (κ3) is 6.05. The number of aliphatic imine (C=N–C) groups is 2. The van der Waals surface area contributed by atoms with E-state index in [0.29, 0.717) is 0 Å². The van der Waals surface area contributed by atoms with Gasteiger partial charge in [-0.2, -0.15) is 0 Å². The molecule has 0 fully saturated rings. The normalized spacial score (nSPS) is 13.7. The van der Waals surface area contributed by atoms with Crippen LogP contribution in [0.25, 0.3) is 0 Å². The number of nitrogens with zero attached hydrogens (tertiary/aromatic N) is 2. The highest BCUT2D eigenvalue weighted by Gasteiger charge is 2.28. The second kappa shape index (κ2) is 10.2. The Morgan fingerprint density at radius 2 is 1.00 bits per heavy atom. The predicted octanol–water partition coefficient (Wildman–Crippen LogP) is -1.04. The first-order chi connectivity index (χ1) is 13.6. The fraction of sp³-hybridized carbons (Fsp3) is 0.600. The van der Waals surface area contributed by atoms with Crippen molar-refractivity contribution in [3.05, 3.63) is 28.8 Å². The van der Waals surface area contributed by atoms with Gasteiger partial charge in [-0.15, -0.1) is 0 Å². The van der Waals surface area contributed by atoms with Crippen molar-refractivity contribution >= 4 is 12.4 Å². The summed E-state index contributed by atoms with van der Waals surface area (Å²) in [7, 11) is 0. The Kier molecular flexibility index (Phi) is 8.88. The van der Waals surface area contributed by atoms with Crippen LogP contribution in [0, 0.1) is 0 Å². The molecule has 29 heavy (non-hydrogen) atoms. The van der Waals surface area contributed by atoms with E-state index in [4.69, 9.17) is 0 Å². The molecule has 0 spiro atoms. The first-order valence-electron chi connectivity index (χ1n) is 9.19. The van der Waals surface area contributed by atoms with Gasteiger partial charge in [0.2, 0.25) is 0 Å². The third-order valence-electron chi connectivity index (χ3n) is 4.76. The van der Waals surface area contributed by atoms with Crippen LogP contribution in [0.3, 0.4) is 0 Å². The van der Waals surface area contributed by atoms with E-state index in [1.165, 1.54) is 12.4 Å². The molecule has 0 aliphatic rings. The van der Waals surface area contributed by atoms with E-state index in [0.717, 1.165) is 5.56 Å². The van der Waals surface area contributed by atoms with Crippen LogP contribution in [0.4, 0.5) is 0 Å². The number of benzene rings is 1. The topological polar surface area (TPSA) is 166 Å². The minimum Gasteiger partial charge on any atom is -0.507 e. The largest absolute Gasteiger partial charge is 0.507 e. The molecule has 0 saturated heterocycles. The van der Waals surface area contributed by atoms with Crippen molar-refractivity contribution in [2.75, 3.05) is 39.6 Å². The summed E-state index contributed by atoms with van der Waals surface area (Å²) in [5.74, 6) is -0.212. The molecule has 9 heteroatoms. The van der Waals surface area contributed by atoms with Crippen LogP contribution in [0.2, 0.25) is 0 Å². The summed E-state index contributed by atoms with van der Waals surface area (Å²) in [4.78, 5) is 8.13. The highest BCUT2D eigenvalue weighted by molar-refractivity contribution is 5.92. The van der Waals surface area contributed by atoms with E-state index in [9.17, 15) is 35.7 Å². The lowest BCUT2D eigenvalue weighted by Gasteiger charge is -2.24. The van der Waals surface area contributed by atoms with Crippen molar-refractivity contribution in [3.8, 4) is 5.75 Å². The molecule has 1 aromatic rings. The van der Waals surface area contributed by atoms with Crippen LogP contribution in [0.15, 0.2) is 22.1 Å².